The lowest BCUT2D eigenvalue weighted by Gasteiger charge is -2.20. The van der Waals surface area contributed by atoms with Gasteiger partial charge in [-0.15, -0.1) is 0 Å². The summed E-state index contributed by atoms with van der Waals surface area (Å²) in [6.45, 7) is 4.95. The number of amides is 1. The van der Waals surface area contributed by atoms with Crippen molar-refractivity contribution >= 4 is 17.3 Å². The minimum atomic E-state index is 0.0530. The third-order valence-electron chi connectivity index (χ3n) is 3.80. The molecule has 3 nitrogen and oxygen atoms in total. The van der Waals surface area contributed by atoms with E-state index < -0.39 is 0 Å². The normalized spacial score (nSPS) is 17.8. The van der Waals surface area contributed by atoms with Crippen LogP contribution in [0.4, 0.5) is 11.4 Å². The second-order valence-corrected chi connectivity index (χ2v) is 5.46. The number of hydrogen-bond acceptors (Lipinski definition) is 2. The molecule has 1 aromatic rings. The fourth-order valence-corrected chi connectivity index (χ4v) is 2.44. The SMILES string of the molecule is CCC(=O)Nc1ccc(C)c(NCC2CC=CCC2)c1. The first kappa shape index (κ1) is 14.6. The lowest BCUT2D eigenvalue weighted by molar-refractivity contribution is -0.115. The minimum Gasteiger partial charge on any atom is -0.384 e. The Balaban J connectivity index is 1.97. The standard InChI is InChI=1S/C17H24N2O/c1-3-17(20)19-15-10-9-13(2)16(11-15)18-12-14-7-5-4-6-8-14/h4-5,9-11,14,18H,3,6-8,12H2,1-2H3,(H,19,20). The zero-order chi connectivity index (χ0) is 14.4. The molecule has 0 bridgehead atoms. The van der Waals surface area contributed by atoms with Gasteiger partial charge in [-0.2, -0.15) is 0 Å². The number of rotatable bonds is 5. The van der Waals surface area contributed by atoms with Gasteiger partial charge in [0, 0.05) is 24.3 Å². The van der Waals surface area contributed by atoms with Gasteiger partial charge < -0.3 is 10.6 Å². The van der Waals surface area contributed by atoms with Crippen molar-refractivity contribution in [2.75, 3.05) is 17.2 Å². The molecule has 2 rings (SSSR count). The van der Waals surface area contributed by atoms with Crippen LogP contribution in [0.3, 0.4) is 0 Å². The topological polar surface area (TPSA) is 41.1 Å². The van der Waals surface area contributed by atoms with Crippen LogP contribution in [0, 0.1) is 12.8 Å². The van der Waals surface area contributed by atoms with Crippen molar-refractivity contribution in [2.45, 2.75) is 39.5 Å². The first-order valence-electron chi connectivity index (χ1n) is 7.48. The molecule has 2 N–H and O–H groups in total. The van der Waals surface area contributed by atoms with Crippen LogP contribution in [0.15, 0.2) is 30.4 Å². The van der Waals surface area contributed by atoms with E-state index in [0.717, 1.165) is 24.3 Å². The average Bonchev–Trinajstić information content (AvgIpc) is 2.48. The number of aryl methyl sites for hydroxylation is 1. The van der Waals surface area contributed by atoms with E-state index in [4.69, 9.17) is 0 Å². The van der Waals surface area contributed by atoms with E-state index in [1.54, 1.807) is 0 Å². The molecular formula is C17H24N2O. The Morgan fingerprint density at radius 2 is 2.20 bits per heavy atom. The van der Waals surface area contributed by atoms with Crippen LogP contribution in [-0.2, 0) is 4.79 Å². The summed E-state index contributed by atoms with van der Waals surface area (Å²) in [6.07, 6.45) is 8.67. The Hall–Kier alpha value is -1.77. The quantitative estimate of drug-likeness (QED) is 0.792. The van der Waals surface area contributed by atoms with Gasteiger partial charge in [-0.3, -0.25) is 4.79 Å². The second-order valence-electron chi connectivity index (χ2n) is 5.46. The fraction of sp³-hybridized carbons (Fsp3) is 0.471. The molecule has 1 aliphatic carbocycles. The highest BCUT2D eigenvalue weighted by atomic mass is 16.1. The van der Waals surface area contributed by atoms with Crippen molar-refractivity contribution in [3.05, 3.63) is 35.9 Å². The summed E-state index contributed by atoms with van der Waals surface area (Å²) in [4.78, 5) is 11.4. The summed E-state index contributed by atoms with van der Waals surface area (Å²) in [5, 5.41) is 6.44. The van der Waals surface area contributed by atoms with Crippen molar-refractivity contribution in [3.63, 3.8) is 0 Å². The molecule has 0 aliphatic heterocycles. The Morgan fingerprint density at radius 1 is 1.35 bits per heavy atom. The largest absolute Gasteiger partial charge is 0.384 e. The van der Waals surface area contributed by atoms with Gasteiger partial charge in [0.05, 0.1) is 0 Å². The summed E-state index contributed by atoms with van der Waals surface area (Å²) in [5.74, 6) is 0.769. The molecule has 0 saturated heterocycles. The maximum absolute atomic E-state index is 11.4. The highest BCUT2D eigenvalue weighted by Gasteiger charge is 2.10. The molecular weight excluding hydrogens is 248 g/mol. The van der Waals surface area contributed by atoms with Gasteiger partial charge in [0.2, 0.25) is 5.91 Å². The van der Waals surface area contributed by atoms with Crippen LogP contribution in [0.25, 0.3) is 0 Å². The number of carbonyl (C=O) groups is 1. The lowest BCUT2D eigenvalue weighted by Crippen LogP contribution is -2.16. The maximum Gasteiger partial charge on any atom is 0.224 e. The van der Waals surface area contributed by atoms with Gasteiger partial charge in [-0.05, 0) is 49.8 Å². The van der Waals surface area contributed by atoms with Gasteiger partial charge in [0.1, 0.15) is 0 Å². The van der Waals surface area contributed by atoms with Crippen LogP contribution >= 0.6 is 0 Å². The van der Waals surface area contributed by atoms with Crippen molar-refractivity contribution in [3.8, 4) is 0 Å². The summed E-state index contributed by atoms with van der Waals surface area (Å²) >= 11 is 0. The predicted octanol–water partition coefficient (Wildman–Crippen LogP) is 4.11. The van der Waals surface area contributed by atoms with Crippen LogP contribution in [0.2, 0.25) is 0 Å². The number of anilines is 2. The van der Waals surface area contributed by atoms with Crippen molar-refractivity contribution in [2.24, 2.45) is 5.92 Å². The molecule has 1 aliphatic rings. The summed E-state index contributed by atoms with van der Waals surface area (Å²) < 4.78 is 0. The molecule has 1 atom stereocenters. The third-order valence-corrected chi connectivity index (χ3v) is 3.80. The van der Waals surface area contributed by atoms with Gasteiger partial charge >= 0.3 is 0 Å². The molecule has 3 heteroatoms. The van der Waals surface area contributed by atoms with Crippen LogP contribution in [0.1, 0.15) is 38.2 Å². The summed E-state index contributed by atoms with van der Waals surface area (Å²) in [7, 11) is 0. The number of allylic oxidation sites excluding steroid dienone is 2. The van der Waals surface area contributed by atoms with Gasteiger partial charge in [0.25, 0.3) is 0 Å². The van der Waals surface area contributed by atoms with Crippen molar-refractivity contribution in [1.82, 2.24) is 0 Å². The van der Waals surface area contributed by atoms with Crippen molar-refractivity contribution < 1.29 is 4.79 Å². The molecule has 1 unspecified atom stereocenters. The number of benzene rings is 1. The fourth-order valence-electron chi connectivity index (χ4n) is 2.44. The number of nitrogens with one attached hydrogen (secondary N) is 2. The molecule has 1 amide bonds. The summed E-state index contributed by atoms with van der Waals surface area (Å²) in [6, 6.07) is 6.04. The smallest absolute Gasteiger partial charge is 0.224 e. The van der Waals surface area contributed by atoms with E-state index in [1.807, 2.05) is 25.1 Å². The Bertz CT molecular complexity index is 494. The maximum atomic E-state index is 11.4. The van der Waals surface area contributed by atoms with E-state index in [0.29, 0.717) is 12.3 Å². The molecule has 0 heterocycles. The molecule has 20 heavy (non-hydrogen) atoms. The highest BCUT2D eigenvalue weighted by molar-refractivity contribution is 5.91. The molecule has 1 aromatic carbocycles. The number of hydrogen-bond donors (Lipinski definition) is 2. The first-order chi connectivity index (χ1) is 9.69. The molecule has 0 aromatic heterocycles. The number of carbonyl (C=O) groups excluding carboxylic acids is 1. The van der Waals surface area contributed by atoms with E-state index in [2.05, 4.69) is 29.7 Å². The van der Waals surface area contributed by atoms with Gasteiger partial charge in [0.15, 0.2) is 0 Å². The molecule has 0 spiro atoms. The van der Waals surface area contributed by atoms with E-state index in [-0.39, 0.29) is 5.91 Å². The van der Waals surface area contributed by atoms with Crippen LogP contribution < -0.4 is 10.6 Å². The van der Waals surface area contributed by atoms with Crippen LogP contribution in [-0.4, -0.2) is 12.5 Å². The molecule has 0 saturated carbocycles. The molecule has 0 fully saturated rings. The van der Waals surface area contributed by atoms with E-state index in [9.17, 15) is 4.79 Å². The Labute approximate surface area is 121 Å². The van der Waals surface area contributed by atoms with E-state index >= 15 is 0 Å². The molecule has 108 valence electrons. The van der Waals surface area contributed by atoms with Crippen LogP contribution in [0.5, 0.6) is 0 Å². The monoisotopic (exact) mass is 272 g/mol. The lowest BCUT2D eigenvalue weighted by atomic mass is 9.94. The zero-order valence-corrected chi connectivity index (χ0v) is 12.4. The average molecular weight is 272 g/mol. The predicted molar refractivity (Wildman–Crippen MR) is 85.1 cm³/mol. The zero-order valence-electron chi connectivity index (χ0n) is 12.4. The minimum absolute atomic E-state index is 0.0530. The highest BCUT2D eigenvalue weighted by Crippen LogP contribution is 2.23. The van der Waals surface area contributed by atoms with Gasteiger partial charge in [-0.1, -0.05) is 25.1 Å². The van der Waals surface area contributed by atoms with Gasteiger partial charge in [-0.25, -0.2) is 0 Å². The van der Waals surface area contributed by atoms with E-state index in [1.165, 1.54) is 18.4 Å². The van der Waals surface area contributed by atoms with Crippen molar-refractivity contribution in [1.29, 1.82) is 0 Å². The Morgan fingerprint density at radius 3 is 2.90 bits per heavy atom. The summed E-state index contributed by atoms with van der Waals surface area (Å²) in [5.41, 5.74) is 3.20. The molecule has 0 radical (unpaired) electrons. The second kappa shape index (κ2) is 7.13. The Kier molecular flexibility index (Phi) is 5.22. The third kappa shape index (κ3) is 4.12. The first-order valence-corrected chi connectivity index (χ1v) is 7.48.